The Morgan fingerprint density at radius 1 is 1.00 bits per heavy atom. The van der Waals surface area contributed by atoms with Gasteiger partial charge in [-0.3, -0.25) is 9.59 Å². The van der Waals surface area contributed by atoms with E-state index < -0.39 is 30.5 Å². The van der Waals surface area contributed by atoms with E-state index in [1.54, 1.807) is 0 Å². The molecule has 8 atom stereocenters. The van der Waals surface area contributed by atoms with Crippen molar-refractivity contribution < 1.29 is 33.5 Å². The number of hydrogen-bond acceptors (Lipinski definition) is 7. The van der Waals surface area contributed by atoms with E-state index >= 15 is 0 Å². The number of fused-ring (bicyclic) bond motifs is 5. The van der Waals surface area contributed by atoms with Crippen molar-refractivity contribution >= 4 is 23.9 Å². The Morgan fingerprint density at radius 2 is 1.76 bits per heavy atom. The van der Waals surface area contributed by atoms with Crippen molar-refractivity contribution in [2.24, 2.45) is 46.3 Å². The molecule has 3 saturated carbocycles. The summed E-state index contributed by atoms with van der Waals surface area (Å²) in [7, 11) is 0. The summed E-state index contributed by atoms with van der Waals surface area (Å²) in [5, 5.41) is 3.19. The third-order valence-electron chi connectivity index (χ3n) is 12.5. The Labute approximate surface area is 269 Å². The van der Waals surface area contributed by atoms with Crippen LogP contribution in [0.5, 0.6) is 0 Å². The average Bonchev–Trinajstić information content (AvgIpc) is 3.50. The molecule has 0 bridgehead atoms. The van der Waals surface area contributed by atoms with Crippen LogP contribution in [0.1, 0.15) is 118 Å². The van der Waals surface area contributed by atoms with Gasteiger partial charge in [0.15, 0.2) is 0 Å². The van der Waals surface area contributed by atoms with Gasteiger partial charge in [-0.15, -0.1) is 5.06 Å². The van der Waals surface area contributed by atoms with Gasteiger partial charge in [-0.1, -0.05) is 65.5 Å². The molecule has 0 spiro atoms. The fraction of sp³-hybridized carbons (Fsp3) is 0.833. The number of carbonyl (C=O) groups excluding carboxylic acids is 4. The molecule has 252 valence electrons. The first-order chi connectivity index (χ1) is 21.4. The minimum Gasteiger partial charge on any atom is -0.446 e. The molecule has 0 aromatic heterocycles. The van der Waals surface area contributed by atoms with Gasteiger partial charge in [0.1, 0.15) is 12.7 Å². The number of nitrogens with zero attached hydrogens (tertiary/aromatic N) is 1. The van der Waals surface area contributed by atoms with Crippen molar-refractivity contribution in [3.63, 3.8) is 0 Å². The maximum Gasteiger partial charge on any atom is 0.407 e. The Morgan fingerprint density at radius 3 is 2.49 bits per heavy atom. The first-order valence-electron chi connectivity index (χ1n) is 17.7. The van der Waals surface area contributed by atoms with Crippen LogP contribution >= 0.6 is 0 Å². The number of ether oxygens (including phenoxy) is 2. The molecule has 4 fully saturated rings. The lowest BCUT2D eigenvalue weighted by molar-refractivity contribution is -0.200. The Kier molecular flexibility index (Phi) is 10.7. The zero-order valence-electron chi connectivity index (χ0n) is 28.2. The topological polar surface area (TPSA) is 111 Å². The molecule has 0 radical (unpaired) electrons. The SMILES string of the molecule is CC(C)CCC[C@@H](C)[C@H]1CC[C@H]2[C@@H]3CC=C4C[C@@H](OC(=O)NCCOCC(=O)ON5C(=O)CCC5=O)CC[C@]4(C)[C@H]3CC[C@]12C. The van der Waals surface area contributed by atoms with Crippen molar-refractivity contribution in [2.45, 2.75) is 124 Å². The van der Waals surface area contributed by atoms with Gasteiger partial charge in [0.25, 0.3) is 11.8 Å². The van der Waals surface area contributed by atoms with Crippen molar-refractivity contribution in [1.82, 2.24) is 10.4 Å². The average molecular weight is 629 g/mol. The van der Waals surface area contributed by atoms with Gasteiger partial charge in [0.05, 0.1) is 6.61 Å². The maximum atomic E-state index is 12.5. The van der Waals surface area contributed by atoms with Crippen LogP contribution < -0.4 is 5.32 Å². The Bertz CT molecular complexity index is 1140. The highest BCUT2D eigenvalue weighted by Crippen LogP contribution is 2.67. The lowest BCUT2D eigenvalue weighted by Gasteiger charge is -2.58. The molecule has 1 heterocycles. The number of alkyl carbamates (subject to hydrolysis) is 1. The minimum absolute atomic E-state index is 0.0379. The molecule has 0 unspecified atom stereocenters. The highest BCUT2D eigenvalue weighted by atomic mass is 16.7. The number of hydroxylamine groups is 2. The summed E-state index contributed by atoms with van der Waals surface area (Å²) in [6.45, 7) is 12.2. The van der Waals surface area contributed by atoms with E-state index in [0.29, 0.717) is 10.5 Å². The van der Waals surface area contributed by atoms with Crippen molar-refractivity contribution in [3.05, 3.63) is 11.6 Å². The van der Waals surface area contributed by atoms with Crippen LogP contribution in [0.15, 0.2) is 11.6 Å². The monoisotopic (exact) mass is 628 g/mol. The molecular formula is C36H56N2O7. The molecular weight excluding hydrogens is 572 g/mol. The fourth-order valence-corrected chi connectivity index (χ4v) is 10.1. The molecule has 9 heteroatoms. The van der Waals surface area contributed by atoms with Gasteiger partial charge in [0, 0.05) is 25.8 Å². The van der Waals surface area contributed by atoms with Crippen molar-refractivity contribution in [2.75, 3.05) is 19.8 Å². The number of amides is 3. The lowest BCUT2D eigenvalue weighted by Crippen LogP contribution is -2.51. The van der Waals surface area contributed by atoms with E-state index in [1.165, 1.54) is 56.9 Å². The van der Waals surface area contributed by atoms with Gasteiger partial charge >= 0.3 is 12.1 Å². The largest absolute Gasteiger partial charge is 0.446 e. The summed E-state index contributed by atoms with van der Waals surface area (Å²) in [5.74, 6) is 2.91. The van der Waals surface area contributed by atoms with Crippen LogP contribution in [0, 0.1) is 46.3 Å². The third kappa shape index (κ3) is 7.28. The number of carbonyl (C=O) groups is 4. The first-order valence-corrected chi connectivity index (χ1v) is 17.7. The molecule has 5 rings (SSSR count). The van der Waals surface area contributed by atoms with E-state index in [9.17, 15) is 19.2 Å². The standard InChI is InChI=1S/C36H56N2O7/c1-23(2)7-6-8-24(3)28-11-12-29-27-10-9-25-21-26(15-17-35(25,4)30(27)16-18-36(28,29)5)44-34(42)37-19-20-43-22-33(41)45-38-31(39)13-14-32(38)40/h9,23-24,26-30H,6-8,10-22H2,1-5H3,(H,37,42)/t24-,26+,27+,28-,29+,30+,35+,36-/m1/s1. The number of nitrogens with one attached hydrogen (secondary N) is 1. The van der Waals surface area contributed by atoms with Gasteiger partial charge in [-0.05, 0) is 91.3 Å². The molecule has 4 aliphatic carbocycles. The number of imide groups is 1. The molecule has 5 aliphatic rings. The van der Waals surface area contributed by atoms with Crippen LogP contribution in [0.2, 0.25) is 0 Å². The summed E-state index contributed by atoms with van der Waals surface area (Å²) in [4.78, 5) is 52.2. The first kappa shape index (κ1) is 33.9. The second kappa shape index (κ2) is 14.1. The molecule has 0 aromatic carbocycles. The maximum absolute atomic E-state index is 12.5. The quantitative estimate of drug-likeness (QED) is 0.145. The minimum atomic E-state index is -0.837. The number of allylic oxidation sites excluding steroid dienone is 1. The Balaban J connectivity index is 1.06. The van der Waals surface area contributed by atoms with Gasteiger partial charge in [-0.2, -0.15) is 0 Å². The summed E-state index contributed by atoms with van der Waals surface area (Å²) < 4.78 is 11.0. The summed E-state index contributed by atoms with van der Waals surface area (Å²) >= 11 is 0. The second-order valence-corrected chi connectivity index (χ2v) is 15.6. The molecule has 0 aromatic rings. The van der Waals surface area contributed by atoms with E-state index in [-0.39, 0.29) is 37.5 Å². The molecule has 3 amide bonds. The van der Waals surface area contributed by atoms with E-state index in [1.807, 2.05) is 0 Å². The predicted octanol–water partition coefficient (Wildman–Crippen LogP) is 6.75. The molecule has 1 saturated heterocycles. The van der Waals surface area contributed by atoms with E-state index in [0.717, 1.165) is 54.8 Å². The number of hydrogen-bond donors (Lipinski definition) is 1. The van der Waals surface area contributed by atoms with E-state index in [2.05, 4.69) is 46.0 Å². The molecule has 1 N–H and O–H groups in total. The fourth-order valence-electron chi connectivity index (χ4n) is 10.1. The lowest BCUT2D eigenvalue weighted by atomic mass is 9.47. The van der Waals surface area contributed by atoms with Crippen molar-refractivity contribution in [1.29, 1.82) is 0 Å². The van der Waals surface area contributed by atoms with Crippen molar-refractivity contribution in [3.8, 4) is 0 Å². The third-order valence-corrected chi connectivity index (χ3v) is 12.5. The van der Waals surface area contributed by atoms with Crippen LogP contribution in [-0.2, 0) is 28.7 Å². The summed E-state index contributed by atoms with van der Waals surface area (Å²) in [5.41, 5.74) is 2.17. The number of rotatable bonds is 12. The van der Waals surface area contributed by atoms with Gasteiger partial charge in [-0.25, -0.2) is 9.59 Å². The van der Waals surface area contributed by atoms with Gasteiger partial charge in [0.2, 0.25) is 0 Å². The molecule has 9 nitrogen and oxygen atoms in total. The highest BCUT2D eigenvalue weighted by Gasteiger charge is 2.59. The second-order valence-electron chi connectivity index (χ2n) is 15.6. The Hall–Kier alpha value is -2.42. The van der Waals surface area contributed by atoms with Gasteiger partial charge < -0.3 is 19.6 Å². The van der Waals surface area contributed by atoms with E-state index in [4.69, 9.17) is 14.3 Å². The predicted molar refractivity (Wildman–Crippen MR) is 169 cm³/mol. The molecule has 45 heavy (non-hydrogen) atoms. The van der Waals surface area contributed by atoms with Crippen LogP contribution in [0.4, 0.5) is 4.79 Å². The van der Waals surface area contributed by atoms with Crippen LogP contribution in [-0.4, -0.2) is 54.8 Å². The highest BCUT2D eigenvalue weighted by molar-refractivity contribution is 6.01. The summed E-state index contributed by atoms with van der Waals surface area (Å²) in [6, 6.07) is 0. The molecule has 1 aliphatic heterocycles. The van der Waals surface area contributed by atoms with Crippen LogP contribution in [0.25, 0.3) is 0 Å². The zero-order chi connectivity index (χ0) is 32.4. The summed E-state index contributed by atoms with van der Waals surface area (Å²) in [6.07, 6.45) is 15.5. The smallest absolute Gasteiger partial charge is 0.407 e. The van der Waals surface area contributed by atoms with Crippen LogP contribution in [0.3, 0.4) is 0 Å². The normalized spacial score (nSPS) is 34.9. The zero-order valence-corrected chi connectivity index (χ0v) is 28.2.